The first-order valence-electron chi connectivity index (χ1n) is 4.71. The lowest BCUT2D eigenvalue weighted by Crippen LogP contribution is -2.48. The number of carbonyl (C=O) groups excluding carboxylic acids is 1. The Bertz CT molecular complexity index is 248. The normalized spacial score (nSPS) is 18.1. The standard InChI is InChI=1S/C8H15N5O/c1-12-5-6-13(7-8(12)14)4-2-3-10-11-9/h2-7H2,1H3. The van der Waals surface area contributed by atoms with Crippen molar-refractivity contribution in [2.45, 2.75) is 6.42 Å². The summed E-state index contributed by atoms with van der Waals surface area (Å²) in [6.07, 6.45) is 0.820. The van der Waals surface area contributed by atoms with E-state index in [1.165, 1.54) is 0 Å². The molecule has 0 aromatic heterocycles. The number of carbonyl (C=O) groups is 1. The molecule has 0 aromatic rings. The molecule has 14 heavy (non-hydrogen) atoms. The molecule has 0 N–H and O–H groups in total. The fourth-order valence-electron chi connectivity index (χ4n) is 1.41. The fraction of sp³-hybridized carbons (Fsp3) is 0.875. The van der Waals surface area contributed by atoms with Crippen LogP contribution in [0, 0.1) is 0 Å². The van der Waals surface area contributed by atoms with Crippen molar-refractivity contribution >= 4 is 5.91 Å². The maximum atomic E-state index is 11.3. The van der Waals surface area contributed by atoms with Gasteiger partial charge in [-0.25, -0.2) is 0 Å². The molecule has 0 radical (unpaired) electrons. The largest absolute Gasteiger partial charge is 0.343 e. The highest BCUT2D eigenvalue weighted by Gasteiger charge is 2.19. The molecule has 6 heteroatoms. The number of likely N-dealkylation sites (N-methyl/N-ethyl adjacent to an activating group) is 1. The van der Waals surface area contributed by atoms with E-state index in [0.717, 1.165) is 26.1 Å². The number of hydrogen-bond acceptors (Lipinski definition) is 3. The SMILES string of the molecule is CN1CCN(CCCN=[N+]=[N-])CC1=O. The lowest BCUT2D eigenvalue weighted by atomic mass is 10.3. The summed E-state index contributed by atoms with van der Waals surface area (Å²) in [5.74, 6) is 0.167. The summed E-state index contributed by atoms with van der Waals surface area (Å²) < 4.78 is 0. The summed E-state index contributed by atoms with van der Waals surface area (Å²) >= 11 is 0. The number of nitrogens with zero attached hydrogens (tertiary/aromatic N) is 5. The van der Waals surface area contributed by atoms with Gasteiger partial charge < -0.3 is 4.90 Å². The van der Waals surface area contributed by atoms with Crippen molar-refractivity contribution in [3.8, 4) is 0 Å². The van der Waals surface area contributed by atoms with Gasteiger partial charge in [0.05, 0.1) is 6.54 Å². The number of azide groups is 1. The van der Waals surface area contributed by atoms with Crippen molar-refractivity contribution in [3.05, 3.63) is 10.4 Å². The number of rotatable bonds is 4. The van der Waals surface area contributed by atoms with Crippen molar-refractivity contribution in [1.82, 2.24) is 9.80 Å². The minimum absolute atomic E-state index is 0.167. The van der Waals surface area contributed by atoms with E-state index in [2.05, 4.69) is 14.9 Å². The Kier molecular flexibility index (Phi) is 4.22. The molecule has 1 heterocycles. The van der Waals surface area contributed by atoms with Crippen LogP contribution in [0.15, 0.2) is 5.11 Å². The number of piperazine rings is 1. The van der Waals surface area contributed by atoms with Crippen molar-refractivity contribution < 1.29 is 4.79 Å². The lowest BCUT2D eigenvalue weighted by Gasteiger charge is -2.31. The molecular weight excluding hydrogens is 182 g/mol. The third-order valence-electron chi connectivity index (χ3n) is 2.33. The highest BCUT2D eigenvalue weighted by Crippen LogP contribution is 2.01. The molecule has 1 aliphatic heterocycles. The van der Waals surface area contributed by atoms with Gasteiger partial charge in [-0.05, 0) is 18.5 Å². The Morgan fingerprint density at radius 3 is 3.00 bits per heavy atom. The molecule has 0 unspecified atom stereocenters. The van der Waals surface area contributed by atoms with Crippen molar-refractivity contribution in [2.75, 3.05) is 39.8 Å². The van der Waals surface area contributed by atoms with Gasteiger partial charge in [0.15, 0.2) is 0 Å². The summed E-state index contributed by atoms with van der Waals surface area (Å²) in [5.41, 5.74) is 8.06. The minimum atomic E-state index is 0.167. The summed E-state index contributed by atoms with van der Waals surface area (Å²) in [7, 11) is 1.82. The predicted molar refractivity (Wildman–Crippen MR) is 52.7 cm³/mol. The first-order valence-corrected chi connectivity index (χ1v) is 4.71. The number of amides is 1. The summed E-state index contributed by atoms with van der Waals surface area (Å²) in [6.45, 7) is 3.54. The molecular formula is C8H15N5O. The molecule has 0 bridgehead atoms. The molecule has 1 saturated heterocycles. The van der Waals surface area contributed by atoms with Crippen LogP contribution >= 0.6 is 0 Å². The number of hydrogen-bond donors (Lipinski definition) is 0. The van der Waals surface area contributed by atoms with Crippen LogP contribution in [-0.4, -0.2) is 55.5 Å². The lowest BCUT2D eigenvalue weighted by molar-refractivity contribution is -0.134. The van der Waals surface area contributed by atoms with Crippen LogP contribution < -0.4 is 0 Å². The van der Waals surface area contributed by atoms with Crippen LogP contribution in [-0.2, 0) is 4.79 Å². The first kappa shape index (κ1) is 10.8. The second kappa shape index (κ2) is 5.47. The van der Waals surface area contributed by atoms with Crippen LogP contribution in [0.2, 0.25) is 0 Å². The van der Waals surface area contributed by atoms with E-state index in [0.29, 0.717) is 13.1 Å². The van der Waals surface area contributed by atoms with Gasteiger partial charge in [-0.3, -0.25) is 9.69 Å². The molecule has 6 nitrogen and oxygen atoms in total. The second-order valence-corrected chi connectivity index (χ2v) is 3.40. The molecule has 78 valence electrons. The Labute approximate surface area is 83.1 Å². The van der Waals surface area contributed by atoms with Gasteiger partial charge in [0, 0.05) is 31.6 Å². The molecule has 0 aromatic carbocycles. The van der Waals surface area contributed by atoms with Crippen LogP contribution in [0.25, 0.3) is 10.4 Å². The monoisotopic (exact) mass is 197 g/mol. The van der Waals surface area contributed by atoms with Gasteiger partial charge in [-0.15, -0.1) is 0 Å². The van der Waals surface area contributed by atoms with E-state index >= 15 is 0 Å². The van der Waals surface area contributed by atoms with E-state index in [1.807, 2.05) is 7.05 Å². The van der Waals surface area contributed by atoms with Crippen molar-refractivity contribution in [1.29, 1.82) is 0 Å². The molecule has 0 saturated carbocycles. The fourth-order valence-corrected chi connectivity index (χ4v) is 1.41. The van der Waals surface area contributed by atoms with Crippen LogP contribution in [0.4, 0.5) is 0 Å². The molecule has 1 amide bonds. The van der Waals surface area contributed by atoms with E-state index in [1.54, 1.807) is 4.90 Å². The maximum Gasteiger partial charge on any atom is 0.236 e. The molecule has 1 rings (SSSR count). The quantitative estimate of drug-likeness (QED) is 0.284. The van der Waals surface area contributed by atoms with Crippen LogP contribution in [0.5, 0.6) is 0 Å². The van der Waals surface area contributed by atoms with E-state index in [9.17, 15) is 4.79 Å². The smallest absolute Gasteiger partial charge is 0.236 e. The molecule has 1 aliphatic rings. The Morgan fingerprint density at radius 1 is 1.57 bits per heavy atom. The summed E-state index contributed by atoms with van der Waals surface area (Å²) in [6, 6.07) is 0. The van der Waals surface area contributed by atoms with Gasteiger partial charge in [0.1, 0.15) is 0 Å². The van der Waals surface area contributed by atoms with Crippen molar-refractivity contribution in [3.63, 3.8) is 0 Å². The Balaban J connectivity index is 2.19. The van der Waals surface area contributed by atoms with E-state index < -0.39 is 0 Å². The third-order valence-corrected chi connectivity index (χ3v) is 2.33. The minimum Gasteiger partial charge on any atom is -0.343 e. The average Bonchev–Trinajstić information content (AvgIpc) is 2.18. The Hall–Kier alpha value is -1.26. The Morgan fingerprint density at radius 2 is 2.36 bits per heavy atom. The van der Waals surface area contributed by atoms with E-state index in [-0.39, 0.29) is 5.91 Å². The zero-order valence-corrected chi connectivity index (χ0v) is 8.39. The zero-order valence-electron chi connectivity index (χ0n) is 8.39. The molecule has 0 spiro atoms. The van der Waals surface area contributed by atoms with Crippen LogP contribution in [0.1, 0.15) is 6.42 Å². The average molecular weight is 197 g/mol. The van der Waals surface area contributed by atoms with Gasteiger partial charge in [0.2, 0.25) is 5.91 Å². The van der Waals surface area contributed by atoms with Crippen LogP contribution in [0.3, 0.4) is 0 Å². The summed E-state index contributed by atoms with van der Waals surface area (Å²) in [4.78, 5) is 17.8. The predicted octanol–water partition coefficient (Wildman–Crippen LogP) is 0.461. The summed E-state index contributed by atoms with van der Waals surface area (Å²) in [5, 5.41) is 3.45. The maximum absolute atomic E-state index is 11.3. The van der Waals surface area contributed by atoms with Gasteiger partial charge in [0.25, 0.3) is 0 Å². The second-order valence-electron chi connectivity index (χ2n) is 3.40. The van der Waals surface area contributed by atoms with E-state index in [4.69, 9.17) is 5.53 Å². The van der Waals surface area contributed by atoms with Gasteiger partial charge >= 0.3 is 0 Å². The van der Waals surface area contributed by atoms with Gasteiger partial charge in [-0.1, -0.05) is 5.11 Å². The molecule has 1 fully saturated rings. The highest BCUT2D eigenvalue weighted by molar-refractivity contribution is 5.78. The molecule has 0 atom stereocenters. The first-order chi connectivity index (χ1) is 6.74. The third kappa shape index (κ3) is 3.24. The van der Waals surface area contributed by atoms with Gasteiger partial charge in [-0.2, -0.15) is 0 Å². The topological polar surface area (TPSA) is 72.3 Å². The molecule has 0 aliphatic carbocycles. The van der Waals surface area contributed by atoms with Crippen molar-refractivity contribution in [2.24, 2.45) is 5.11 Å². The zero-order chi connectivity index (χ0) is 10.4. The highest BCUT2D eigenvalue weighted by atomic mass is 16.2.